The third kappa shape index (κ3) is 4.04. The van der Waals surface area contributed by atoms with Gasteiger partial charge in [0.1, 0.15) is 0 Å². The van der Waals surface area contributed by atoms with E-state index in [0.717, 1.165) is 0 Å². The summed E-state index contributed by atoms with van der Waals surface area (Å²) in [5.74, 6) is -0.980. The van der Waals surface area contributed by atoms with Gasteiger partial charge >= 0.3 is 6.09 Å². The number of carbonyl (C=O) groups is 3. The molecule has 0 aromatic heterocycles. The van der Waals surface area contributed by atoms with Gasteiger partial charge in [0, 0.05) is 23.1 Å². The van der Waals surface area contributed by atoms with Crippen molar-refractivity contribution >= 4 is 17.9 Å². The summed E-state index contributed by atoms with van der Waals surface area (Å²) in [5, 5.41) is 9.34. The number of rotatable bonds is 3. The van der Waals surface area contributed by atoms with Crippen LogP contribution in [0, 0.1) is 5.92 Å². The molecule has 1 aromatic rings. The summed E-state index contributed by atoms with van der Waals surface area (Å²) < 4.78 is 0. The van der Waals surface area contributed by atoms with Crippen LogP contribution < -0.4 is 10.9 Å². The Morgan fingerprint density at radius 1 is 1.08 bits per heavy atom. The minimum atomic E-state index is -0.983. The van der Waals surface area contributed by atoms with Crippen LogP contribution in [0.15, 0.2) is 30.3 Å². The zero-order valence-electron chi connectivity index (χ0n) is 14.1. The maximum absolute atomic E-state index is 12.1. The second-order valence-electron chi connectivity index (χ2n) is 6.95. The van der Waals surface area contributed by atoms with Gasteiger partial charge in [-0.25, -0.2) is 4.79 Å². The van der Waals surface area contributed by atoms with Crippen LogP contribution in [-0.4, -0.2) is 39.5 Å². The zero-order chi connectivity index (χ0) is 17.9. The minimum Gasteiger partial charge on any atom is -0.465 e. The van der Waals surface area contributed by atoms with E-state index in [1.165, 1.54) is 4.90 Å². The quantitative estimate of drug-likeness (QED) is 0.737. The summed E-state index contributed by atoms with van der Waals surface area (Å²) in [4.78, 5) is 36.7. The van der Waals surface area contributed by atoms with E-state index in [2.05, 4.69) is 10.9 Å². The highest BCUT2D eigenvalue weighted by Crippen LogP contribution is 2.35. The molecule has 2 rings (SSSR count). The average molecular weight is 333 g/mol. The average Bonchev–Trinajstić information content (AvgIpc) is 2.46. The lowest BCUT2D eigenvalue weighted by molar-refractivity contribution is -0.131. The summed E-state index contributed by atoms with van der Waals surface area (Å²) >= 11 is 0. The Balaban J connectivity index is 1.82. The summed E-state index contributed by atoms with van der Waals surface area (Å²) in [5.41, 5.74) is 4.72. The molecule has 1 aliphatic carbocycles. The van der Waals surface area contributed by atoms with E-state index in [0.29, 0.717) is 18.4 Å². The number of carbonyl (C=O) groups excluding carboxylic acids is 2. The molecule has 1 aromatic carbocycles. The first kappa shape index (κ1) is 17.8. The number of benzene rings is 1. The van der Waals surface area contributed by atoms with E-state index in [1.807, 2.05) is 20.8 Å². The van der Waals surface area contributed by atoms with Crippen molar-refractivity contribution in [2.75, 3.05) is 0 Å². The van der Waals surface area contributed by atoms with Crippen molar-refractivity contribution in [3.63, 3.8) is 0 Å². The topological polar surface area (TPSA) is 98.7 Å². The maximum atomic E-state index is 12.1. The van der Waals surface area contributed by atoms with Gasteiger partial charge in [-0.05, 0) is 45.7 Å². The Morgan fingerprint density at radius 2 is 1.67 bits per heavy atom. The largest absolute Gasteiger partial charge is 0.465 e. The van der Waals surface area contributed by atoms with E-state index >= 15 is 0 Å². The number of nitrogens with zero attached hydrogens (tertiary/aromatic N) is 1. The molecule has 24 heavy (non-hydrogen) atoms. The molecule has 3 amide bonds. The fraction of sp³-hybridized carbons (Fsp3) is 0.471. The number of hydrazine groups is 1. The molecular weight excluding hydrogens is 310 g/mol. The minimum absolute atomic E-state index is 0.178. The molecule has 0 saturated heterocycles. The molecule has 0 spiro atoms. The van der Waals surface area contributed by atoms with Crippen LogP contribution in [0.2, 0.25) is 0 Å². The molecule has 1 aliphatic rings. The van der Waals surface area contributed by atoms with Crippen LogP contribution in [0.5, 0.6) is 0 Å². The first-order valence-corrected chi connectivity index (χ1v) is 7.87. The Kier molecular flexibility index (Phi) is 5.11. The van der Waals surface area contributed by atoms with Gasteiger partial charge in [-0.2, -0.15) is 0 Å². The van der Waals surface area contributed by atoms with Gasteiger partial charge < -0.3 is 10.0 Å². The van der Waals surface area contributed by atoms with Crippen molar-refractivity contribution in [1.82, 2.24) is 15.8 Å². The molecule has 0 radical (unpaired) electrons. The van der Waals surface area contributed by atoms with Gasteiger partial charge in [-0.1, -0.05) is 18.2 Å². The molecular formula is C17H23N3O4. The van der Waals surface area contributed by atoms with Gasteiger partial charge in [0.05, 0.1) is 0 Å². The van der Waals surface area contributed by atoms with Crippen LogP contribution in [0.4, 0.5) is 4.79 Å². The lowest BCUT2D eigenvalue weighted by Gasteiger charge is -2.46. The van der Waals surface area contributed by atoms with Crippen LogP contribution in [-0.2, 0) is 4.79 Å². The standard InChI is InChI=1S/C17H23N3O4/c1-17(2,3)20(16(23)24)13-9-12(10-13)15(22)19-18-14(21)11-7-5-4-6-8-11/h4-8,12-13H,9-10H2,1-3H3,(H,18,21)(H,19,22)(H,23,24). The zero-order valence-corrected chi connectivity index (χ0v) is 14.1. The van der Waals surface area contributed by atoms with Crippen LogP contribution in [0.1, 0.15) is 44.0 Å². The summed E-state index contributed by atoms with van der Waals surface area (Å²) in [7, 11) is 0. The fourth-order valence-electron chi connectivity index (χ4n) is 2.89. The normalized spacial score (nSPS) is 19.8. The maximum Gasteiger partial charge on any atom is 0.407 e. The third-order valence-electron chi connectivity index (χ3n) is 4.11. The molecule has 0 heterocycles. The Hall–Kier alpha value is -2.57. The van der Waals surface area contributed by atoms with E-state index in [4.69, 9.17) is 0 Å². The molecule has 0 atom stereocenters. The van der Waals surface area contributed by atoms with Crippen molar-refractivity contribution in [2.45, 2.75) is 45.2 Å². The predicted octanol–water partition coefficient (Wildman–Crippen LogP) is 2.00. The van der Waals surface area contributed by atoms with Crippen molar-refractivity contribution in [2.24, 2.45) is 5.92 Å². The van der Waals surface area contributed by atoms with Gasteiger partial charge in [0.15, 0.2) is 0 Å². The Bertz CT molecular complexity index is 618. The van der Waals surface area contributed by atoms with Crippen LogP contribution in [0.25, 0.3) is 0 Å². The lowest BCUT2D eigenvalue weighted by Crippen LogP contribution is -2.58. The van der Waals surface area contributed by atoms with Gasteiger partial charge in [-0.15, -0.1) is 0 Å². The molecule has 0 unspecified atom stereocenters. The smallest absolute Gasteiger partial charge is 0.407 e. The first-order chi connectivity index (χ1) is 11.2. The second-order valence-corrected chi connectivity index (χ2v) is 6.95. The molecule has 130 valence electrons. The summed E-state index contributed by atoms with van der Waals surface area (Å²) in [6.45, 7) is 5.48. The SMILES string of the molecule is CC(C)(C)N(C(=O)O)C1CC(C(=O)NNC(=O)c2ccccc2)C1. The van der Waals surface area contributed by atoms with Crippen molar-refractivity contribution in [3.8, 4) is 0 Å². The Labute approximate surface area is 141 Å². The van der Waals surface area contributed by atoms with Crippen LogP contribution >= 0.6 is 0 Å². The van der Waals surface area contributed by atoms with Gasteiger partial charge in [-0.3, -0.25) is 20.4 Å². The molecule has 0 bridgehead atoms. The van der Waals surface area contributed by atoms with Gasteiger partial charge in [0.25, 0.3) is 5.91 Å². The molecule has 1 saturated carbocycles. The lowest BCUT2D eigenvalue weighted by atomic mass is 9.77. The Morgan fingerprint density at radius 3 is 2.17 bits per heavy atom. The number of hydrogen-bond donors (Lipinski definition) is 3. The van der Waals surface area contributed by atoms with Gasteiger partial charge in [0.2, 0.25) is 5.91 Å². The second kappa shape index (κ2) is 6.90. The summed E-state index contributed by atoms with van der Waals surface area (Å²) in [6.07, 6.45) is -0.0727. The number of carboxylic acid groups (broad SMARTS) is 1. The predicted molar refractivity (Wildman–Crippen MR) is 88.2 cm³/mol. The van der Waals surface area contributed by atoms with Crippen molar-refractivity contribution in [1.29, 1.82) is 0 Å². The third-order valence-corrected chi connectivity index (χ3v) is 4.11. The first-order valence-electron chi connectivity index (χ1n) is 7.87. The number of amides is 3. The highest BCUT2D eigenvalue weighted by atomic mass is 16.4. The monoisotopic (exact) mass is 333 g/mol. The van der Waals surface area contributed by atoms with Crippen LogP contribution in [0.3, 0.4) is 0 Å². The van der Waals surface area contributed by atoms with Crippen molar-refractivity contribution < 1.29 is 19.5 Å². The number of nitrogens with one attached hydrogen (secondary N) is 2. The molecule has 0 aliphatic heterocycles. The van der Waals surface area contributed by atoms with E-state index < -0.39 is 11.6 Å². The fourth-order valence-corrected chi connectivity index (χ4v) is 2.89. The number of hydrogen-bond acceptors (Lipinski definition) is 3. The van der Waals surface area contributed by atoms with E-state index in [1.54, 1.807) is 30.3 Å². The van der Waals surface area contributed by atoms with E-state index in [-0.39, 0.29) is 23.8 Å². The molecule has 1 fully saturated rings. The van der Waals surface area contributed by atoms with E-state index in [9.17, 15) is 19.5 Å². The molecule has 7 nitrogen and oxygen atoms in total. The highest BCUT2D eigenvalue weighted by molar-refractivity contribution is 5.95. The van der Waals surface area contributed by atoms with Crippen molar-refractivity contribution in [3.05, 3.63) is 35.9 Å². The highest BCUT2D eigenvalue weighted by Gasteiger charge is 2.43. The summed E-state index contributed by atoms with van der Waals surface area (Å²) in [6, 6.07) is 8.39. The molecule has 3 N–H and O–H groups in total. The molecule has 7 heteroatoms.